The first-order valence-corrected chi connectivity index (χ1v) is 8.35. The molecule has 6 heteroatoms. The summed E-state index contributed by atoms with van der Waals surface area (Å²) < 4.78 is 11.0. The van der Waals surface area contributed by atoms with Crippen LogP contribution in [0.15, 0.2) is 60.2 Å². The maximum atomic E-state index is 11.4. The van der Waals surface area contributed by atoms with E-state index in [1.54, 1.807) is 37.1 Å². The molecule has 1 atom stereocenters. The van der Waals surface area contributed by atoms with E-state index in [4.69, 9.17) is 9.47 Å². The molecule has 2 aromatic carbocycles. The number of aliphatic carboxylic acids is 1. The van der Waals surface area contributed by atoms with Crippen LogP contribution >= 0.6 is 0 Å². The van der Waals surface area contributed by atoms with Crippen molar-refractivity contribution in [2.45, 2.75) is 32.5 Å². The van der Waals surface area contributed by atoms with Crippen LogP contribution in [-0.4, -0.2) is 24.1 Å². The Bertz CT molecular complexity index is 782. The first-order chi connectivity index (χ1) is 12.5. The molecular formula is C21H21KO5. The largest absolute Gasteiger partial charge is 1.00 e. The van der Waals surface area contributed by atoms with Gasteiger partial charge in [-0.25, -0.2) is 4.79 Å². The van der Waals surface area contributed by atoms with E-state index in [0.717, 1.165) is 11.1 Å². The van der Waals surface area contributed by atoms with Gasteiger partial charge in [0.1, 0.15) is 23.9 Å². The van der Waals surface area contributed by atoms with Crippen molar-refractivity contribution in [2.75, 3.05) is 6.61 Å². The fourth-order valence-corrected chi connectivity index (χ4v) is 2.51. The van der Waals surface area contributed by atoms with Crippen LogP contribution in [0.4, 0.5) is 0 Å². The Kier molecular flexibility index (Phi) is 10.2. The van der Waals surface area contributed by atoms with Gasteiger partial charge in [-0.1, -0.05) is 42.5 Å². The van der Waals surface area contributed by atoms with Gasteiger partial charge in [0, 0.05) is 13.0 Å². The third kappa shape index (κ3) is 6.70. The van der Waals surface area contributed by atoms with E-state index < -0.39 is 11.6 Å². The van der Waals surface area contributed by atoms with Crippen LogP contribution in [0.1, 0.15) is 25.0 Å². The predicted molar refractivity (Wildman–Crippen MR) is 95.2 cm³/mol. The van der Waals surface area contributed by atoms with E-state index >= 15 is 0 Å². The Morgan fingerprint density at radius 2 is 1.70 bits per heavy atom. The number of rotatable bonds is 9. The van der Waals surface area contributed by atoms with E-state index in [-0.39, 0.29) is 70.0 Å². The van der Waals surface area contributed by atoms with Crippen LogP contribution < -0.4 is 61.2 Å². The molecule has 2 rings (SSSR count). The van der Waals surface area contributed by atoms with Crippen LogP contribution in [0, 0.1) is 0 Å². The van der Waals surface area contributed by atoms with Gasteiger partial charge in [-0.2, -0.15) is 0 Å². The molecule has 0 aliphatic heterocycles. The first kappa shape index (κ1) is 23.8. The molecule has 0 bridgehead atoms. The van der Waals surface area contributed by atoms with E-state index in [9.17, 15) is 14.7 Å². The maximum absolute atomic E-state index is 11.4. The molecule has 0 heterocycles. The number of hydrogen-bond acceptors (Lipinski definition) is 5. The molecule has 0 saturated carbocycles. The Morgan fingerprint density at radius 3 is 2.22 bits per heavy atom. The van der Waals surface area contributed by atoms with Gasteiger partial charge in [0.15, 0.2) is 0 Å². The van der Waals surface area contributed by atoms with Crippen LogP contribution in [0.3, 0.4) is 0 Å². The van der Waals surface area contributed by atoms with Crippen molar-refractivity contribution in [2.24, 2.45) is 0 Å². The van der Waals surface area contributed by atoms with Gasteiger partial charge >= 0.3 is 51.4 Å². The fourth-order valence-electron chi connectivity index (χ4n) is 2.51. The molecule has 0 aliphatic rings. The minimum Gasteiger partial charge on any atom is -0.547 e. The number of carboxylic acids is 1. The monoisotopic (exact) mass is 392 g/mol. The third-order valence-electron chi connectivity index (χ3n) is 4.07. The van der Waals surface area contributed by atoms with E-state index in [2.05, 4.69) is 0 Å². The molecule has 1 unspecified atom stereocenters. The van der Waals surface area contributed by atoms with Gasteiger partial charge in [-0.05, 0) is 37.1 Å². The number of ether oxygens (including phenoxy) is 2. The summed E-state index contributed by atoms with van der Waals surface area (Å²) in [4.78, 5) is 22.7. The first-order valence-electron chi connectivity index (χ1n) is 8.35. The van der Waals surface area contributed by atoms with Gasteiger partial charge in [-0.3, -0.25) is 0 Å². The second-order valence-electron chi connectivity index (χ2n) is 5.93. The summed E-state index contributed by atoms with van der Waals surface area (Å²) in [5.41, 5.74) is 0.00277. The average Bonchev–Trinajstić information content (AvgIpc) is 2.66. The van der Waals surface area contributed by atoms with Crippen molar-refractivity contribution in [1.82, 2.24) is 0 Å². The maximum Gasteiger partial charge on any atom is 1.00 e. The van der Waals surface area contributed by atoms with Crippen molar-refractivity contribution < 1.29 is 75.6 Å². The zero-order chi connectivity index (χ0) is 19.0. The molecular weight excluding hydrogens is 371 g/mol. The zero-order valence-electron chi connectivity index (χ0n) is 15.9. The third-order valence-corrected chi connectivity index (χ3v) is 4.07. The quantitative estimate of drug-likeness (QED) is 0.409. The normalized spacial score (nSPS) is 12.2. The Hall–Kier alpha value is -1.24. The van der Waals surface area contributed by atoms with Crippen LogP contribution in [0.5, 0.6) is 5.75 Å². The molecule has 0 fully saturated rings. The number of carboxylic acid groups (broad SMARTS) is 1. The van der Waals surface area contributed by atoms with Crippen LogP contribution in [-0.2, 0) is 27.4 Å². The van der Waals surface area contributed by atoms with Crippen molar-refractivity contribution in [3.63, 3.8) is 0 Å². The summed E-state index contributed by atoms with van der Waals surface area (Å²) in [6, 6.07) is 16.9. The second kappa shape index (κ2) is 11.6. The van der Waals surface area contributed by atoms with Crippen molar-refractivity contribution in [1.29, 1.82) is 0 Å². The van der Waals surface area contributed by atoms with Crippen molar-refractivity contribution in [3.05, 3.63) is 71.3 Å². The minimum atomic E-state index is -1.79. The van der Waals surface area contributed by atoms with E-state index in [1.165, 1.54) is 6.92 Å². The summed E-state index contributed by atoms with van der Waals surface area (Å²) in [5, 5.41) is 11.4. The molecule has 27 heavy (non-hydrogen) atoms. The molecule has 0 amide bonds. The molecule has 0 spiro atoms. The van der Waals surface area contributed by atoms with Gasteiger partial charge in [-0.15, -0.1) is 0 Å². The molecule has 0 aliphatic carbocycles. The zero-order valence-corrected chi connectivity index (χ0v) is 19.0. The summed E-state index contributed by atoms with van der Waals surface area (Å²) in [5.74, 6) is 0.932. The second-order valence-corrected chi connectivity index (χ2v) is 5.93. The summed E-state index contributed by atoms with van der Waals surface area (Å²) >= 11 is 0. The molecule has 0 saturated heterocycles. The Morgan fingerprint density at radius 1 is 1.07 bits per heavy atom. The summed E-state index contributed by atoms with van der Waals surface area (Å²) in [6.45, 7) is 3.56. The average molecular weight is 392 g/mol. The fraction of sp³-hybridized carbons (Fsp3) is 0.286. The number of benzene rings is 2. The number of carbonyl (C=O) groups excluding carboxylic acids is 2. The van der Waals surface area contributed by atoms with E-state index in [1.807, 2.05) is 30.3 Å². The van der Waals surface area contributed by atoms with Crippen LogP contribution in [0.2, 0.25) is 0 Å². The minimum absolute atomic E-state index is 0. The topological polar surface area (TPSA) is 75.7 Å². The van der Waals surface area contributed by atoms with E-state index in [0.29, 0.717) is 12.4 Å². The number of hydrogen-bond donors (Lipinski definition) is 0. The predicted octanol–water partition coefficient (Wildman–Crippen LogP) is -0.885. The van der Waals surface area contributed by atoms with Crippen LogP contribution in [0.25, 0.3) is 0 Å². The van der Waals surface area contributed by atoms with Gasteiger partial charge in [0.05, 0.1) is 11.5 Å². The van der Waals surface area contributed by atoms with Gasteiger partial charge in [0.2, 0.25) is 0 Å². The molecule has 0 radical (unpaired) electrons. The molecule has 0 aromatic heterocycles. The Labute approximate surface area is 201 Å². The molecule has 0 N–H and O–H groups in total. The van der Waals surface area contributed by atoms with Gasteiger partial charge < -0.3 is 19.4 Å². The summed E-state index contributed by atoms with van der Waals surface area (Å²) in [6.07, 6.45) is 0.104. The molecule has 2 aromatic rings. The molecule has 136 valence electrons. The molecule has 5 nitrogen and oxygen atoms in total. The Balaban J connectivity index is 0.00000364. The van der Waals surface area contributed by atoms with Crippen molar-refractivity contribution >= 4 is 11.9 Å². The van der Waals surface area contributed by atoms with Crippen molar-refractivity contribution in [3.8, 4) is 5.75 Å². The SMILES string of the molecule is CCOC(C)(C(=O)[O-])C(=C=O)Cc1ccc(OCc2ccccc2)cc1.[K+]. The summed E-state index contributed by atoms with van der Waals surface area (Å²) in [7, 11) is 0. The smallest absolute Gasteiger partial charge is 0.547 e. The number of carbonyl (C=O) groups is 1. The van der Waals surface area contributed by atoms with Gasteiger partial charge in [0.25, 0.3) is 0 Å². The standard InChI is InChI=1S/C21H22O5.K/c1-3-26-21(2,20(23)24)18(14-22)13-16-9-11-19(12-10-16)25-15-17-7-5-4-6-8-17;/h4-12H,3,13,15H2,1-2H3,(H,23,24);/q;+1/p-1.